The highest BCUT2D eigenvalue weighted by Gasteiger charge is 2.33. The van der Waals surface area contributed by atoms with Crippen LogP contribution in [0.15, 0.2) is 30.3 Å². The van der Waals surface area contributed by atoms with Crippen molar-refractivity contribution in [3.05, 3.63) is 52.8 Å². The maximum atomic E-state index is 13.2. The fourth-order valence-corrected chi connectivity index (χ4v) is 4.17. The van der Waals surface area contributed by atoms with E-state index in [1.807, 2.05) is 15.6 Å². The normalized spacial score (nSPS) is 21.2. The fraction of sp³-hybridized carbons (Fsp3) is 0.500. The lowest BCUT2D eigenvalue weighted by atomic mass is 9.99. The van der Waals surface area contributed by atoms with Crippen LogP contribution in [0.5, 0.6) is 0 Å². The average Bonchev–Trinajstić information content (AvgIpc) is 3.19. The number of carbonyl (C=O) groups is 1. The first-order chi connectivity index (χ1) is 12.1. The van der Waals surface area contributed by atoms with Gasteiger partial charge in [0.1, 0.15) is 0 Å². The Labute approximate surface area is 149 Å². The maximum Gasteiger partial charge on any atom is 0.274 e. The first kappa shape index (κ1) is 16.3. The molecule has 0 aliphatic carbocycles. The molecule has 3 heterocycles. The summed E-state index contributed by atoms with van der Waals surface area (Å²) in [7, 11) is 2.12. The topological polar surface area (TPSA) is 41.4 Å². The smallest absolute Gasteiger partial charge is 0.274 e. The molecule has 0 spiro atoms. The number of fused-ring (bicyclic) bond motifs is 1. The Kier molecular flexibility index (Phi) is 4.34. The molecule has 0 bridgehead atoms. The van der Waals surface area contributed by atoms with Crippen LogP contribution >= 0.6 is 0 Å². The minimum atomic E-state index is 0.0778. The van der Waals surface area contributed by atoms with Gasteiger partial charge in [-0.3, -0.25) is 9.48 Å². The van der Waals surface area contributed by atoms with E-state index < -0.39 is 0 Å². The van der Waals surface area contributed by atoms with E-state index in [2.05, 4.69) is 48.2 Å². The summed E-state index contributed by atoms with van der Waals surface area (Å²) in [5.41, 5.74) is 4.28. The molecule has 2 aliphatic rings. The number of nitrogens with zero attached hydrogens (tertiary/aromatic N) is 4. The summed E-state index contributed by atoms with van der Waals surface area (Å²) in [4.78, 5) is 17.5. The molecule has 25 heavy (non-hydrogen) atoms. The molecule has 5 nitrogen and oxygen atoms in total. The second kappa shape index (κ2) is 6.64. The van der Waals surface area contributed by atoms with Crippen LogP contribution in [0.25, 0.3) is 0 Å². The number of aryl methyl sites for hydroxylation is 2. The molecule has 0 saturated carbocycles. The van der Waals surface area contributed by atoms with Crippen molar-refractivity contribution in [3.8, 4) is 0 Å². The number of amides is 1. The van der Waals surface area contributed by atoms with Crippen molar-refractivity contribution >= 4 is 5.91 Å². The molecule has 1 aromatic heterocycles. The number of hydrogen-bond acceptors (Lipinski definition) is 3. The van der Waals surface area contributed by atoms with Crippen LogP contribution in [0.3, 0.4) is 0 Å². The van der Waals surface area contributed by atoms with E-state index in [4.69, 9.17) is 0 Å². The number of rotatable bonds is 2. The molecule has 132 valence electrons. The van der Waals surface area contributed by atoms with E-state index >= 15 is 0 Å². The molecular weight excluding hydrogens is 312 g/mol. The van der Waals surface area contributed by atoms with Gasteiger partial charge in [0.15, 0.2) is 5.69 Å². The molecule has 1 fully saturated rings. The third-order valence-corrected chi connectivity index (χ3v) is 5.49. The second-order valence-corrected chi connectivity index (χ2v) is 7.35. The second-order valence-electron chi connectivity index (χ2n) is 7.35. The summed E-state index contributed by atoms with van der Waals surface area (Å²) in [6.45, 7) is 5.79. The van der Waals surface area contributed by atoms with Gasteiger partial charge in [0.2, 0.25) is 0 Å². The number of likely N-dealkylation sites (tertiary alicyclic amines) is 1. The van der Waals surface area contributed by atoms with Gasteiger partial charge in [0, 0.05) is 26.2 Å². The average molecular weight is 338 g/mol. The van der Waals surface area contributed by atoms with Crippen LogP contribution < -0.4 is 0 Å². The van der Waals surface area contributed by atoms with Crippen molar-refractivity contribution < 1.29 is 4.79 Å². The molecule has 1 aromatic carbocycles. The number of benzene rings is 1. The molecule has 1 atom stereocenters. The fourth-order valence-electron chi connectivity index (χ4n) is 4.17. The summed E-state index contributed by atoms with van der Waals surface area (Å²) in [6, 6.07) is 10.6. The van der Waals surface area contributed by atoms with Gasteiger partial charge >= 0.3 is 0 Å². The summed E-state index contributed by atoms with van der Waals surface area (Å²) < 4.78 is 2.02. The standard InChI is InChI=1S/C20H26N4O/c1-15-7-3-4-8-17(15)19-9-5-11-23(19)20(25)18-13-16-14-22(2)10-6-12-24(16)21-18/h3-4,7-8,13,19H,5-6,9-12,14H2,1-2H3/t19-/m1/s1. The van der Waals surface area contributed by atoms with E-state index in [-0.39, 0.29) is 11.9 Å². The SMILES string of the molecule is Cc1ccccc1[C@H]1CCCN1C(=O)c1cc2n(n1)CCCN(C)C2. The zero-order valence-corrected chi connectivity index (χ0v) is 15.1. The van der Waals surface area contributed by atoms with Gasteiger partial charge in [-0.1, -0.05) is 24.3 Å². The highest BCUT2D eigenvalue weighted by Crippen LogP contribution is 2.34. The van der Waals surface area contributed by atoms with Crippen molar-refractivity contribution in [2.24, 2.45) is 0 Å². The molecule has 2 aromatic rings. The molecule has 0 unspecified atom stereocenters. The van der Waals surface area contributed by atoms with E-state index in [1.54, 1.807) is 0 Å². The predicted octanol–water partition coefficient (Wildman–Crippen LogP) is 3.00. The lowest BCUT2D eigenvalue weighted by molar-refractivity contribution is 0.0728. The van der Waals surface area contributed by atoms with Gasteiger partial charge in [-0.05, 0) is 50.4 Å². The Morgan fingerprint density at radius 2 is 2.00 bits per heavy atom. The van der Waals surface area contributed by atoms with Crippen molar-refractivity contribution in [1.82, 2.24) is 19.6 Å². The summed E-state index contributed by atoms with van der Waals surface area (Å²) in [5.74, 6) is 0.0778. The van der Waals surface area contributed by atoms with E-state index in [0.29, 0.717) is 5.69 Å². The Balaban J connectivity index is 1.60. The molecule has 1 saturated heterocycles. The Hall–Kier alpha value is -2.14. The Morgan fingerprint density at radius 3 is 2.84 bits per heavy atom. The van der Waals surface area contributed by atoms with E-state index in [1.165, 1.54) is 11.1 Å². The van der Waals surface area contributed by atoms with Crippen molar-refractivity contribution in [1.29, 1.82) is 0 Å². The molecule has 0 N–H and O–H groups in total. The highest BCUT2D eigenvalue weighted by molar-refractivity contribution is 5.93. The lowest BCUT2D eigenvalue weighted by Crippen LogP contribution is -2.31. The van der Waals surface area contributed by atoms with Gasteiger partial charge in [-0.25, -0.2) is 0 Å². The third kappa shape index (κ3) is 3.09. The molecule has 2 aliphatic heterocycles. The van der Waals surface area contributed by atoms with Crippen molar-refractivity contribution in [2.75, 3.05) is 20.1 Å². The van der Waals surface area contributed by atoms with Gasteiger partial charge in [0.25, 0.3) is 5.91 Å². The van der Waals surface area contributed by atoms with Crippen LogP contribution in [-0.4, -0.2) is 45.6 Å². The lowest BCUT2D eigenvalue weighted by Gasteiger charge is -2.25. The number of aromatic nitrogens is 2. The summed E-state index contributed by atoms with van der Waals surface area (Å²) >= 11 is 0. The van der Waals surface area contributed by atoms with Crippen molar-refractivity contribution in [2.45, 2.75) is 45.3 Å². The van der Waals surface area contributed by atoms with Crippen LogP contribution in [0, 0.1) is 6.92 Å². The van der Waals surface area contributed by atoms with Crippen LogP contribution in [-0.2, 0) is 13.1 Å². The quantitative estimate of drug-likeness (QED) is 0.845. The van der Waals surface area contributed by atoms with Crippen LogP contribution in [0.4, 0.5) is 0 Å². The van der Waals surface area contributed by atoms with Crippen LogP contribution in [0.2, 0.25) is 0 Å². The van der Waals surface area contributed by atoms with E-state index in [0.717, 1.165) is 51.1 Å². The monoisotopic (exact) mass is 338 g/mol. The molecule has 0 radical (unpaired) electrons. The van der Waals surface area contributed by atoms with Crippen molar-refractivity contribution in [3.63, 3.8) is 0 Å². The van der Waals surface area contributed by atoms with Gasteiger partial charge < -0.3 is 9.80 Å². The molecule has 5 heteroatoms. The zero-order chi connectivity index (χ0) is 17.4. The first-order valence-electron chi connectivity index (χ1n) is 9.25. The summed E-state index contributed by atoms with van der Waals surface area (Å²) in [6.07, 6.45) is 3.17. The minimum absolute atomic E-state index is 0.0778. The van der Waals surface area contributed by atoms with E-state index in [9.17, 15) is 4.79 Å². The number of hydrogen-bond donors (Lipinski definition) is 0. The number of carbonyl (C=O) groups excluding carboxylic acids is 1. The first-order valence-corrected chi connectivity index (χ1v) is 9.25. The summed E-state index contributed by atoms with van der Waals surface area (Å²) in [5, 5.41) is 4.64. The van der Waals surface area contributed by atoms with Crippen LogP contribution in [0.1, 0.15) is 52.6 Å². The minimum Gasteiger partial charge on any atom is -0.330 e. The highest BCUT2D eigenvalue weighted by atomic mass is 16.2. The molecule has 1 amide bonds. The van der Waals surface area contributed by atoms with Gasteiger partial charge in [-0.2, -0.15) is 5.10 Å². The largest absolute Gasteiger partial charge is 0.330 e. The van der Waals surface area contributed by atoms with Gasteiger partial charge in [0.05, 0.1) is 11.7 Å². The predicted molar refractivity (Wildman–Crippen MR) is 97.4 cm³/mol. The maximum absolute atomic E-state index is 13.2. The third-order valence-electron chi connectivity index (χ3n) is 5.49. The Morgan fingerprint density at radius 1 is 1.16 bits per heavy atom. The molecular formula is C20H26N4O. The Bertz CT molecular complexity index is 782. The van der Waals surface area contributed by atoms with Gasteiger partial charge in [-0.15, -0.1) is 0 Å². The molecule has 4 rings (SSSR count). The zero-order valence-electron chi connectivity index (χ0n) is 15.1.